The normalized spacial score (nSPS) is 11.6. The van der Waals surface area contributed by atoms with Crippen molar-refractivity contribution in [1.29, 1.82) is 0 Å². The number of imidazole rings is 1. The molecule has 3 amide bonds. The smallest absolute Gasteiger partial charge is 0.315 e. The van der Waals surface area contributed by atoms with E-state index < -0.39 is 0 Å². The van der Waals surface area contributed by atoms with Crippen LogP contribution in [0.1, 0.15) is 24.9 Å². The molecule has 0 aliphatic heterocycles. The predicted molar refractivity (Wildman–Crippen MR) is 91.8 cm³/mol. The molecule has 0 aliphatic carbocycles. The topological polar surface area (TPSA) is 79.3 Å². The number of hydrogen-bond donors (Lipinski definition) is 2. The molecule has 0 saturated carbocycles. The number of aromatic nitrogens is 2. The van der Waals surface area contributed by atoms with Gasteiger partial charge in [-0.15, -0.1) is 0 Å². The van der Waals surface area contributed by atoms with E-state index >= 15 is 0 Å². The largest absolute Gasteiger partial charge is 0.349 e. The maximum atomic E-state index is 11.9. The third-order valence-electron chi connectivity index (χ3n) is 3.67. The van der Waals surface area contributed by atoms with Crippen molar-refractivity contribution < 1.29 is 9.59 Å². The monoisotopic (exact) mass is 329 g/mol. The van der Waals surface area contributed by atoms with Gasteiger partial charge in [-0.05, 0) is 24.6 Å². The minimum absolute atomic E-state index is 0.0153. The molecule has 0 aliphatic rings. The van der Waals surface area contributed by atoms with Gasteiger partial charge in [-0.1, -0.05) is 12.1 Å². The van der Waals surface area contributed by atoms with Crippen LogP contribution in [0.25, 0.3) is 5.69 Å². The summed E-state index contributed by atoms with van der Waals surface area (Å²) in [6, 6.07) is 7.47. The second-order valence-electron chi connectivity index (χ2n) is 5.72. The first kappa shape index (κ1) is 17.5. The van der Waals surface area contributed by atoms with Crippen LogP contribution in [0.3, 0.4) is 0 Å². The van der Waals surface area contributed by atoms with Crippen LogP contribution in [0, 0.1) is 0 Å². The Balaban J connectivity index is 1.82. The highest BCUT2D eigenvalue weighted by Gasteiger charge is 2.10. The SMILES string of the molecule is CC(NC(=O)NCCC(=O)N(C)C)c1ccc(-n2ccnc2)cc1. The fraction of sp³-hybridized carbons (Fsp3) is 0.353. The van der Waals surface area contributed by atoms with E-state index in [4.69, 9.17) is 0 Å². The van der Waals surface area contributed by atoms with Crippen molar-refractivity contribution in [1.82, 2.24) is 25.1 Å². The molecule has 24 heavy (non-hydrogen) atoms. The maximum absolute atomic E-state index is 11.9. The van der Waals surface area contributed by atoms with Gasteiger partial charge in [-0.2, -0.15) is 0 Å². The Bertz CT molecular complexity index is 665. The predicted octanol–water partition coefficient (Wildman–Crippen LogP) is 1.71. The summed E-state index contributed by atoms with van der Waals surface area (Å²) >= 11 is 0. The van der Waals surface area contributed by atoms with Gasteiger partial charge in [-0.25, -0.2) is 9.78 Å². The molecule has 1 aromatic carbocycles. The number of carbonyl (C=O) groups excluding carboxylic acids is 2. The summed E-state index contributed by atoms with van der Waals surface area (Å²) in [5.41, 5.74) is 2.01. The minimum Gasteiger partial charge on any atom is -0.349 e. The number of urea groups is 1. The van der Waals surface area contributed by atoms with Crippen LogP contribution in [0.4, 0.5) is 4.79 Å². The van der Waals surface area contributed by atoms with E-state index in [-0.39, 0.29) is 24.4 Å². The van der Waals surface area contributed by atoms with E-state index in [1.807, 2.05) is 42.0 Å². The highest BCUT2D eigenvalue weighted by Crippen LogP contribution is 2.15. The number of amides is 3. The Kier molecular flexibility index (Phi) is 5.95. The van der Waals surface area contributed by atoms with Crippen molar-refractivity contribution in [2.45, 2.75) is 19.4 Å². The standard InChI is InChI=1S/C17H23N5O2/c1-13(20-17(24)19-9-8-16(23)21(2)3)14-4-6-15(7-5-14)22-11-10-18-12-22/h4-7,10-13H,8-9H2,1-3H3,(H2,19,20,24). The molecule has 0 bridgehead atoms. The number of hydrogen-bond acceptors (Lipinski definition) is 3. The van der Waals surface area contributed by atoms with Crippen LogP contribution in [0.2, 0.25) is 0 Å². The van der Waals surface area contributed by atoms with E-state index in [1.165, 1.54) is 4.90 Å². The minimum atomic E-state index is -0.284. The second kappa shape index (κ2) is 8.14. The zero-order valence-electron chi connectivity index (χ0n) is 14.2. The lowest BCUT2D eigenvalue weighted by molar-refractivity contribution is -0.128. The van der Waals surface area contributed by atoms with Gasteiger partial charge in [-0.3, -0.25) is 4.79 Å². The van der Waals surface area contributed by atoms with Crippen molar-refractivity contribution in [3.63, 3.8) is 0 Å². The van der Waals surface area contributed by atoms with Gasteiger partial charge in [0.1, 0.15) is 0 Å². The highest BCUT2D eigenvalue weighted by atomic mass is 16.2. The lowest BCUT2D eigenvalue weighted by Gasteiger charge is -2.16. The van der Waals surface area contributed by atoms with Crippen molar-refractivity contribution in [2.75, 3.05) is 20.6 Å². The average molecular weight is 329 g/mol. The first-order valence-corrected chi connectivity index (χ1v) is 7.80. The zero-order chi connectivity index (χ0) is 17.5. The van der Waals surface area contributed by atoms with Crippen LogP contribution >= 0.6 is 0 Å². The molecule has 128 valence electrons. The first-order chi connectivity index (χ1) is 11.5. The Labute approximate surface area is 141 Å². The molecular formula is C17H23N5O2. The van der Waals surface area contributed by atoms with Gasteiger partial charge < -0.3 is 20.1 Å². The van der Waals surface area contributed by atoms with Crippen LogP contribution in [-0.4, -0.2) is 47.0 Å². The number of carbonyl (C=O) groups is 2. The summed E-state index contributed by atoms with van der Waals surface area (Å²) in [7, 11) is 3.38. The Morgan fingerprint density at radius 3 is 2.54 bits per heavy atom. The lowest BCUT2D eigenvalue weighted by atomic mass is 10.1. The van der Waals surface area contributed by atoms with E-state index in [2.05, 4.69) is 15.6 Å². The molecule has 2 aromatic rings. The number of benzene rings is 1. The maximum Gasteiger partial charge on any atom is 0.315 e. The fourth-order valence-electron chi connectivity index (χ4n) is 2.18. The van der Waals surface area contributed by atoms with Crippen molar-refractivity contribution in [2.24, 2.45) is 0 Å². The molecule has 0 spiro atoms. The summed E-state index contributed by atoms with van der Waals surface area (Å²) in [6.07, 6.45) is 5.62. The molecular weight excluding hydrogens is 306 g/mol. The Morgan fingerprint density at radius 1 is 1.25 bits per heavy atom. The molecule has 2 N–H and O–H groups in total. The van der Waals surface area contributed by atoms with Gasteiger partial charge in [0.2, 0.25) is 5.91 Å². The lowest BCUT2D eigenvalue weighted by Crippen LogP contribution is -2.38. The molecule has 7 nitrogen and oxygen atoms in total. The van der Waals surface area contributed by atoms with Crippen LogP contribution in [0.15, 0.2) is 43.0 Å². The molecule has 7 heteroatoms. The summed E-state index contributed by atoms with van der Waals surface area (Å²) in [5.74, 6) is -0.0153. The van der Waals surface area contributed by atoms with Crippen molar-refractivity contribution in [3.8, 4) is 5.69 Å². The van der Waals surface area contributed by atoms with Gasteiger partial charge in [0.15, 0.2) is 0 Å². The summed E-state index contributed by atoms with van der Waals surface area (Å²) in [6.45, 7) is 2.23. The molecule has 2 rings (SSSR count). The third kappa shape index (κ3) is 4.84. The van der Waals surface area contributed by atoms with E-state index in [0.29, 0.717) is 6.54 Å². The molecule has 0 radical (unpaired) electrons. The molecule has 1 atom stereocenters. The van der Waals surface area contributed by atoms with E-state index in [0.717, 1.165) is 11.3 Å². The second-order valence-corrected chi connectivity index (χ2v) is 5.72. The highest BCUT2D eigenvalue weighted by molar-refractivity contribution is 5.78. The molecule has 1 aromatic heterocycles. The summed E-state index contributed by atoms with van der Waals surface area (Å²) in [5, 5.41) is 5.55. The third-order valence-corrected chi connectivity index (χ3v) is 3.67. The Hall–Kier alpha value is -2.83. The zero-order valence-corrected chi connectivity index (χ0v) is 14.2. The number of rotatable bonds is 6. The molecule has 0 saturated heterocycles. The van der Waals surface area contributed by atoms with Crippen LogP contribution in [0.5, 0.6) is 0 Å². The number of nitrogens with one attached hydrogen (secondary N) is 2. The molecule has 1 unspecified atom stereocenters. The summed E-state index contributed by atoms with van der Waals surface area (Å²) < 4.78 is 1.91. The van der Waals surface area contributed by atoms with Crippen LogP contribution < -0.4 is 10.6 Å². The average Bonchev–Trinajstić information content (AvgIpc) is 3.09. The van der Waals surface area contributed by atoms with Gasteiger partial charge in [0.25, 0.3) is 0 Å². The van der Waals surface area contributed by atoms with Crippen LogP contribution in [-0.2, 0) is 4.79 Å². The summed E-state index contributed by atoms with van der Waals surface area (Å²) in [4.78, 5) is 28.8. The van der Waals surface area contributed by atoms with Gasteiger partial charge in [0.05, 0.1) is 12.4 Å². The molecule has 0 fully saturated rings. The van der Waals surface area contributed by atoms with Gasteiger partial charge in [0, 0.05) is 45.1 Å². The van der Waals surface area contributed by atoms with Crippen molar-refractivity contribution in [3.05, 3.63) is 48.5 Å². The quantitative estimate of drug-likeness (QED) is 0.847. The molecule has 1 heterocycles. The first-order valence-electron chi connectivity index (χ1n) is 7.80. The fourth-order valence-corrected chi connectivity index (χ4v) is 2.18. The Morgan fingerprint density at radius 2 is 1.96 bits per heavy atom. The van der Waals surface area contributed by atoms with Crippen molar-refractivity contribution >= 4 is 11.9 Å². The van der Waals surface area contributed by atoms with Gasteiger partial charge >= 0.3 is 6.03 Å². The van der Waals surface area contributed by atoms with E-state index in [9.17, 15) is 9.59 Å². The number of nitrogens with zero attached hydrogens (tertiary/aromatic N) is 3. The van der Waals surface area contributed by atoms with E-state index in [1.54, 1.807) is 26.6 Å².